The fourth-order valence-corrected chi connectivity index (χ4v) is 3.38. The largest absolute Gasteiger partial charge is 0.416 e. The van der Waals surface area contributed by atoms with Crippen LogP contribution < -0.4 is 4.72 Å². The number of halogens is 7. The molecule has 0 aliphatic carbocycles. The van der Waals surface area contributed by atoms with E-state index < -0.39 is 38.4 Å². The molecule has 2 aromatic rings. The Labute approximate surface area is 156 Å². The van der Waals surface area contributed by atoms with Gasteiger partial charge in [-0.1, -0.05) is 23.7 Å². The highest BCUT2D eigenvalue weighted by atomic mass is 35.5. The molecule has 2 rings (SSSR count). The molecule has 0 spiro atoms. The van der Waals surface area contributed by atoms with E-state index in [4.69, 9.17) is 11.6 Å². The predicted molar refractivity (Wildman–Crippen MR) is 86.7 cm³/mol. The molecule has 1 N–H and O–H groups in total. The summed E-state index contributed by atoms with van der Waals surface area (Å²) in [5, 5.41) is 0.338. The summed E-state index contributed by atoms with van der Waals surface area (Å²) in [7, 11) is -4.64. The van der Waals surface area contributed by atoms with E-state index in [0.717, 1.165) is 5.56 Å². The second-order valence-corrected chi connectivity index (χ2v) is 7.82. The maximum atomic E-state index is 12.9. The Bertz CT molecular complexity index is 922. The van der Waals surface area contributed by atoms with E-state index in [1.807, 2.05) is 4.72 Å². The van der Waals surface area contributed by atoms with Crippen molar-refractivity contribution in [3.05, 3.63) is 63.7 Å². The number of hydrogen-bond donors (Lipinski definition) is 1. The Morgan fingerprint density at radius 3 is 1.89 bits per heavy atom. The normalized spacial score (nSPS) is 13.0. The Balaban J connectivity index is 2.40. The summed E-state index contributed by atoms with van der Waals surface area (Å²) in [6, 6.07) is 4.72. The number of nitrogens with one attached hydrogen (secondary N) is 1. The van der Waals surface area contributed by atoms with Crippen LogP contribution in [-0.2, 0) is 28.9 Å². The van der Waals surface area contributed by atoms with Crippen LogP contribution in [0.4, 0.5) is 26.3 Å². The van der Waals surface area contributed by atoms with Gasteiger partial charge in [0.05, 0.1) is 16.0 Å². The first-order valence-electron chi connectivity index (χ1n) is 7.24. The Hall–Kier alpha value is -1.78. The van der Waals surface area contributed by atoms with E-state index in [-0.39, 0.29) is 24.7 Å². The second kappa shape index (κ2) is 7.33. The van der Waals surface area contributed by atoms with E-state index in [2.05, 4.69) is 0 Å². The van der Waals surface area contributed by atoms with E-state index in [1.54, 1.807) is 13.0 Å². The minimum Gasteiger partial charge on any atom is -0.207 e. The number of rotatable bonds is 4. The van der Waals surface area contributed by atoms with Crippen molar-refractivity contribution in [2.24, 2.45) is 0 Å². The summed E-state index contributed by atoms with van der Waals surface area (Å²) in [6.07, 6.45) is -10.3. The monoisotopic (exact) mass is 431 g/mol. The Morgan fingerprint density at radius 2 is 1.44 bits per heavy atom. The van der Waals surface area contributed by atoms with Crippen LogP contribution in [0, 0.1) is 6.92 Å². The Morgan fingerprint density at radius 1 is 0.926 bits per heavy atom. The van der Waals surface area contributed by atoms with Crippen LogP contribution in [0.2, 0.25) is 5.02 Å². The third-order valence-corrected chi connectivity index (χ3v) is 5.36. The van der Waals surface area contributed by atoms with Gasteiger partial charge in [-0.05, 0) is 42.3 Å². The summed E-state index contributed by atoms with van der Waals surface area (Å²) in [6.45, 7) is 1.34. The van der Waals surface area contributed by atoms with Gasteiger partial charge in [-0.2, -0.15) is 26.3 Å². The van der Waals surface area contributed by atoms with E-state index in [1.165, 1.54) is 12.1 Å². The van der Waals surface area contributed by atoms with Gasteiger partial charge < -0.3 is 0 Å². The fourth-order valence-electron chi connectivity index (χ4n) is 2.09. The van der Waals surface area contributed by atoms with Crippen LogP contribution in [0.5, 0.6) is 0 Å². The van der Waals surface area contributed by atoms with Crippen LogP contribution in [0.25, 0.3) is 0 Å². The molecule has 0 heterocycles. The molecule has 0 fully saturated rings. The molecule has 0 bridgehead atoms. The van der Waals surface area contributed by atoms with Crippen molar-refractivity contribution in [3.8, 4) is 0 Å². The van der Waals surface area contributed by atoms with Gasteiger partial charge in [-0.3, -0.25) is 0 Å². The van der Waals surface area contributed by atoms with Gasteiger partial charge in [-0.25, -0.2) is 13.1 Å². The molecule has 3 nitrogen and oxygen atoms in total. The van der Waals surface area contributed by atoms with Crippen molar-refractivity contribution in [3.63, 3.8) is 0 Å². The quantitative estimate of drug-likeness (QED) is 0.679. The van der Waals surface area contributed by atoms with Gasteiger partial charge in [0.15, 0.2) is 0 Å². The zero-order valence-electron chi connectivity index (χ0n) is 13.5. The molecule has 0 unspecified atom stereocenters. The first-order chi connectivity index (χ1) is 12.2. The van der Waals surface area contributed by atoms with Crippen LogP contribution in [0.1, 0.15) is 22.3 Å². The van der Waals surface area contributed by atoms with Crippen molar-refractivity contribution in [2.45, 2.75) is 30.7 Å². The highest BCUT2D eigenvalue weighted by Crippen LogP contribution is 2.37. The summed E-state index contributed by atoms with van der Waals surface area (Å²) >= 11 is 5.90. The molecule has 0 aliphatic rings. The smallest absolute Gasteiger partial charge is 0.207 e. The third kappa shape index (κ3) is 5.36. The molecule has 11 heteroatoms. The highest BCUT2D eigenvalue weighted by molar-refractivity contribution is 7.89. The number of benzene rings is 2. The standard InChI is InChI=1S/C16H12ClF6NO2S/c1-9-2-3-10(4-14(9)17)8-24-27(25,26)13-6-11(15(18,19)20)5-12(7-13)16(21,22)23/h2-7,24H,8H2,1H3. The second-order valence-electron chi connectivity index (χ2n) is 5.65. The number of alkyl halides is 6. The van der Waals surface area contributed by atoms with E-state index in [9.17, 15) is 34.8 Å². The maximum absolute atomic E-state index is 12.9. The fraction of sp³-hybridized carbons (Fsp3) is 0.250. The molecule has 0 aromatic heterocycles. The highest BCUT2D eigenvalue weighted by Gasteiger charge is 2.38. The first kappa shape index (κ1) is 21.5. The minimum atomic E-state index is -5.14. The van der Waals surface area contributed by atoms with Crippen molar-refractivity contribution in [1.29, 1.82) is 0 Å². The van der Waals surface area contributed by atoms with Gasteiger partial charge in [-0.15, -0.1) is 0 Å². The van der Waals surface area contributed by atoms with Gasteiger partial charge in [0.2, 0.25) is 10.0 Å². The van der Waals surface area contributed by atoms with Crippen molar-refractivity contribution in [1.82, 2.24) is 4.72 Å². The lowest BCUT2D eigenvalue weighted by Crippen LogP contribution is -2.24. The Kier molecular flexibility index (Phi) is 5.84. The predicted octanol–water partition coefficient (Wildman–Crippen LogP) is 5.16. The van der Waals surface area contributed by atoms with Crippen molar-refractivity contribution >= 4 is 21.6 Å². The average Bonchev–Trinajstić information content (AvgIpc) is 2.54. The summed E-state index contributed by atoms with van der Waals surface area (Å²) < 4.78 is 104. The number of aryl methyl sites for hydroxylation is 1. The number of sulfonamides is 1. The molecule has 0 atom stereocenters. The van der Waals surface area contributed by atoms with Crippen LogP contribution in [-0.4, -0.2) is 8.42 Å². The molecule has 0 amide bonds. The van der Waals surface area contributed by atoms with Gasteiger partial charge in [0.25, 0.3) is 0 Å². The van der Waals surface area contributed by atoms with Gasteiger partial charge in [0.1, 0.15) is 0 Å². The van der Waals surface area contributed by atoms with Crippen molar-refractivity contribution < 1.29 is 34.8 Å². The third-order valence-electron chi connectivity index (χ3n) is 3.57. The van der Waals surface area contributed by atoms with E-state index >= 15 is 0 Å². The minimum absolute atomic E-state index is 0.140. The first-order valence-corrected chi connectivity index (χ1v) is 9.10. The number of hydrogen-bond acceptors (Lipinski definition) is 2. The van der Waals surface area contributed by atoms with Crippen LogP contribution in [0.3, 0.4) is 0 Å². The van der Waals surface area contributed by atoms with Crippen LogP contribution in [0.15, 0.2) is 41.3 Å². The zero-order valence-corrected chi connectivity index (χ0v) is 15.1. The lowest BCUT2D eigenvalue weighted by Gasteiger charge is -2.15. The maximum Gasteiger partial charge on any atom is 0.416 e. The summed E-state index contributed by atoms with van der Waals surface area (Å²) in [4.78, 5) is -1.14. The molecule has 148 valence electrons. The molecule has 0 radical (unpaired) electrons. The van der Waals surface area contributed by atoms with Crippen molar-refractivity contribution in [2.75, 3.05) is 0 Å². The molecular formula is C16H12ClF6NO2S. The lowest BCUT2D eigenvalue weighted by molar-refractivity contribution is -0.143. The molecule has 0 aliphatic heterocycles. The van der Waals surface area contributed by atoms with Crippen LogP contribution >= 0.6 is 11.6 Å². The SMILES string of the molecule is Cc1ccc(CNS(=O)(=O)c2cc(C(F)(F)F)cc(C(F)(F)F)c2)cc1Cl. The molecular weight excluding hydrogens is 420 g/mol. The molecule has 0 saturated heterocycles. The zero-order chi connectivity index (χ0) is 20.6. The van der Waals surface area contributed by atoms with Gasteiger partial charge in [0, 0.05) is 11.6 Å². The molecule has 27 heavy (non-hydrogen) atoms. The van der Waals surface area contributed by atoms with Gasteiger partial charge >= 0.3 is 12.4 Å². The van der Waals surface area contributed by atoms with E-state index in [0.29, 0.717) is 10.6 Å². The summed E-state index contributed by atoms with van der Waals surface area (Å²) in [5.74, 6) is 0. The average molecular weight is 432 g/mol. The molecule has 2 aromatic carbocycles. The topological polar surface area (TPSA) is 46.2 Å². The summed E-state index contributed by atoms with van der Waals surface area (Å²) in [5.41, 5.74) is -2.32. The molecule has 0 saturated carbocycles. The lowest BCUT2D eigenvalue weighted by atomic mass is 10.1.